The van der Waals surface area contributed by atoms with E-state index in [1.165, 1.54) is 32.2 Å². The number of rotatable bonds is 7. The van der Waals surface area contributed by atoms with E-state index in [1.807, 2.05) is 0 Å². The minimum Gasteiger partial charge on any atom is -0.306 e. The zero-order valence-electron chi connectivity index (χ0n) is 12.8. The maximum atomic E-state index is 9.63. The lowest BCUT2D eigenvalue weighted by molar-refractivity contribution is 0.236. The Hall–Kier alpha value is -0.590. The van der Waals surface area contributed by atoms with Crippen LogP contribution in [0.15, 0.2) is 0 Å². The van der Waals surface area contributed by atoms with Crippen molar-refractivity contribution in [3.05, 3.63) is 0 Å². The monoisotopic (exact) mass is 263 g/mol. The summed E-state index contributed by atoms with van der Waals surface area (Å²) >= 11 is 0. The van der Waals surface area contributed by atoms with Gasteiger partial charge >= 0.3 is 0 Å². The fourth-order valence-corrected chi connectivity index (χ4v) is 3.56. The second kappa shape index (κ2) is 6.24. The molecular formula is C16H29N3. The lowest BCUT2D eigenvalue weighted by Crippen LogP contribution is -2.50. The molecule has 0 radical (unpaired) electrons. The Kier molecular flexibility index (Phi) is 4.86. The molecule has 0 aliphatic heterocycles. The van der Waals surface area contributed by atoms with Crippen molar-refractivity contribution in [1.29, 1.82) is 5.26 Å². The smallest absolute Gasteiger partial charge is 0.109 e. The largest absolute Gasteiger partial charge is 0.306 e. The molecule has 2 rings (SSSR count). The Labute approximate surface area is 118 Å². The van der Waals surface area contributed by atoms with Gasteiger partial charge in [0.15, 0.2) is 0 Å². The highest BCUT2D eigenvalue weighted by Gasteiger charge is 2.43. The summed E-state index contributed by atoms with van der Waals surface area (Å²) in [6.45, 7) is 6.69. The lowest BCUT2D eigenvalue weighted by Gasteiger charge is -2.33. The fraction of sp³-hybridized carbons (Fsp3) is 0.938. The van der Waals surface area contributed by atoms with Gasteiger partial charge in [-0.1, -0.05) is 6.42 Å². The minimum absolute atomic E-state index is 0.255. The second-order valence-corrected chi connectivity index (χ2v) is 6.97. The van der Waals surface area contributed by atoms with Gasteiger partial charge in [0, 0.05) is 12.6 Å². The van der Waals surface area contributed by atoms with Crippen molar-refractivity contribution in [1.82, 2.24) is 10.2 Å². The van der Waals surface area contributed by atoms with E-state index in [0.717, 1.165) is 25.3 Å². The SMILES string of the molecule is CC(C)NC1(C#N)CCCC1CCN(C)CC1CC1. The zero-order chi connectivity index (χ0) is 13.9. The molecular weight excluding hydrogens is 234 g/mol. The van der Waals surface area contributed by atoms with Gasteiger partial charge in [0.1, 0.15) is 5.54 Å². The van der Waals surface area contributed by atoms with Crippen molar-refractivity contribution in [2.45, 2.75) is 64.0 Å². The van der Waals surface area contributed by atoms with Crippen molar-refractivity contribution in [2.24, 2.45) is 11.8 Å². The van der Waals surface area contributed by atoms with E-state index in [2.05, 4.69) is 37.2 Å². The molecule has 3 nitrogen and oxygen atoms in total. The molecule has 19 heavy (non-hydrogen) atoms. The Morgan fingerprint density at radius 3 is 2.68 bits per heavy atom. The number of hydrogen-bond acceptors (Lipinski definition) is 3. The van der Waals surface area contributed by atoms with Crippen molar-refractivity contribution in [3.8, 4) is 6.07 Å². The highest BCUT2D eigenvalue weighted by molar-refractivity contribution is 5.14. The molecule has 0 heterocycles. The molecule has 2 atom stereocenters. The average Bonchev–Trinajstić information content (AvgIpc) is 3.07. The Morgan fingerprint density at radius 1 is 1.37 bits per heavy atom. The summed E-state index contributed by atoms with van der Waals surface area (Å²) < 4.78 is 0. The van der Waals surface area contributed by atoms with Gasteiger partial charge in [-0.3, -0.25) is 5.32 Å². The normalized spacial score (nSPS) is 31.1. The van der Waals surface area contributed by atoms with Crippen molar-refractivity contribution >= 4 is 0 Å². The molecule has 108 valence electrons. The van der Waals surface area contributed by atoms with Gasteiger partial charge in [0.05, 0.1) is 6.07 Å². The topological polar surface area (TPSA) is 39.1 Å². The van der Waals surface area contributed by atoms with Crippen LogP contribution in [0.5, 0.6) is 0 Å². The summed E-state index contributed by atoms with van der Waals surface area (Å²) in [7, 11) is 2.23. The van der Waals surface area contributed by atoms with Gasteiger partial charge in [0.2, 0.25) is 0 Å². The lowest BCUT2D eigenvalue weighted by atomic mass is 9.85. The van der Waals surface area contributed by atoms with Crippen LogP contribution in [0.2, 0.25) is 0 Å². The molecule has 2 unspecified atom stereocenters. The predicted molar refractivity (Wildman–Crippen MR) is 78.8 cm³/mol. The standard InChI is InChI=1S/C16H29N3/c1-13(2)18-16(12-17)9-4-5-15(16)8-10-19(3)11-14-6-7-14/h13-15,18H,4-11H2,1-3H3. The van der Waals surface area contributed by atoms with Gasteiger partial charge in [-0.25, -0.2) is 0 Å². The van der Waals surface area contributed by atoms with Crippen LogP contribution in [0.3, 0.4) is 0 Å². The molecule has 2 aliphatic rings. The second-order valence-electron chi connectivity index (χ2n) is 6.97. The summed E-state index contributed by atoms with van der Waals surface area (Å²) in [6.07, 6.45) is 7.44. The van der Waals surface area contributed by atoms with E-state index in [0.29, 0.717) is 12.0 Å². The molecule has 0 aromatic heterocycles. The Morgan fingerprint density at radius 2 is 2.11 bits per heavy atom. The summed E-state index contributed by atoms with van der Waals surface area (Å²) in [5.41, 5.74) is -0.255. The fourth-order valence-electron chi connectivity index (χ4n) is 3.56. The first-order valence-corrected chi connectivity index (χ1v) is 7.93. The quantitative estimate of drug-likeness (QED) is 0.767. The van der Waals surface area contributed by atoms with E-state index < -0.39 is 0 Å². The van der Waals surface area contributed by atoms with Gasteiger partial charge in [-0.2, -0.15) is 5.26 Å². The van der Waals surface area contributed by atoms with E-state index in [9.17, 15) is 5.26 Å². The summed E-state index contributed by atoms with van der Waals surface area (Å²) in [4.78, 5) is 2.47. The van der Waals surface area contributed by atoms with E-state index in [4.69, 9.17) is 0 Å². The predicted octanol–water partition coefficient (Wildman–Crippen LogP) is 2.78. The van der Waals surface area contributed by atoms with Crippen molar-refractivity contribution in [2.75, 3.05) is 20.1 Å². The summed E-state index contributed by atoms with van der Waals surface area (Å²) in [5, 5.41) is 13.2. The average molecular weight is 263 g/mol. The zero-order valence-corrected chi connectivity index (χ0v) is 12.8. The van der Waals surface area contributed by atoms with Gasteiger partial charge in [0.25, 0.3) is 0 Å². The highest BCUT2D eigenvalue weighted by Crippen LogP contribution is 2.38. The van der Waals surface area contributed by atoms with Crippen LogP contribution in [-0.2, 0) is 0 Å². The number of nitrogens with zero attached hydrogens (tertiary/aromatic N) is 2. The highest BCUT2D eigenvalue weighted by atomic mass is 15.1. The van der Waals surface area contributed by atoms with Crippen LogP contribution < -0.4 is 5.32 Å². The van der Waals surface area contributed by atoms with Crippen LogP contribution in [0, 0.1) is 23.2 Å². The van der Waals surface area contributed by atoms with E-state index >= 15 is 0 Å². The molecule has 0 aromatic carbocycles. The van der Waals surface area contributed by atoms with Crippen LogP contribution >= 0.6 is 0 Å². The van der Waals surface area contributed by atoms with Crippen LogP contribution in [0.4, 0.5) is 0 Å². The van der Waals surface area contributed by atoms with Gasteiger partial charge in [-0.05, 0) is 71.4 Å². The van der Waals surface area contributed by atoms with Crippen LogP contribution in [0.25, 0.3) is 0 Å². The first kappa shape index (κ1) is 14.8. The van der Waals surface area contributed by atoms with Crippen LogP contribution in [0.1, 0.15) is 52.4 Å². The summed E-state index contributed by atoms with van der Waals surface area (Å²) in [5.74, 6) is 1.49. The molecule has 0 amide bonds. The molecule has 0 spiro atoms. The maximum Gasteiger partial charge on any atom is 0.109 e. The minimum atomic E-state index is -0.255. The molecule has 2 saturated carbocycles. The maximum absolute atomic E-state index is 9.63. The number of nitrogens with one attached hydrogen (secondary N) is 1. The van der Waals surface area contributed by atoms with Gasteiger partial charge < -0.3 is 4.90 Å². The van der Waals surface area contributed by atoms with Crippen LogP contribution in [-0.4, -0.2) is 36.6 Å². The van der Waals surface area contributed by atoms with E-state index in [1.54, 1.807) is 0 Å². The molecule has 0 aromatic rings. The molecule has 3 heteroatoms. The number of hydrogen-bond donors (Lipinski definition) is 1. The molecule has 1 N–H and O–H groups in total. The molecule has 0 saturated heterocycles. The Balaban J connectivity index is 1.84. The first-order chi connectivity index (χ1) is 9.05. The molecule has 2 fully saturated rings. The summed E-state index contributed by atoms with van der Waals surface area (Å²) in [6, 6.07) is 3.00. The number of nitriles is 1. The van der Waals surface area contributed by atoms with E-state index in [-0.39, 0.29) is 5.54 Å². The Bertz CT molecular complexity index is 329. The third kappa shape index (κ3) is 3.94. The van der Waals surface area contributed by atoms with Gasteiger partial charge in [-0.15, -0.1) is 0 Å². The molecule has 2 aliphatic carbocycles. The molecule has 0 bridgehead atoms. The third-order valence-corrected chi connectivity index (χ3v) is 4.69. The third-order valence-electron chi connectivity index (χ3n) is 4.69. The first-order valence-electron chi connectivity index (χ1n) is 7.93. The van der Waals surface area contributed by atoms with Crippen molar-refractivity contribution < 1.29 is 0 Å². The van der Waals surface area contributed by atoms with Crippen molar-refractivity contribution in [3.63, 3.8) is 0 Å².